The van der Waals surface area contributed by atoms with E-state index in [2.05, 4.69) is 10.6 Å². The second-order valence-corrected chi connectivity index (χ2v) is 11.1. The Balaban J connectivity index is 1.80. The third-order valence-electron chi connectivity index (χ3n) is 7.49. The van der Waals surface area contributed by atoms with Gasteiger partial charge in [0.25, 0.3) is 11.8 Å². The molecule has 2 aromatic rings. The highest BCUT2D eigenvalue weighted by atomic mass is 19.1. The first-order chi connectivity index (χ1) is 19.2. The average molecular weight is 558 g/mol. The Hall–Kier alpha value is -2.84. The Bertz CT molecular complexity index is 1090. The summed E-state index contributed by atoms with van der Waals surface area (Å²) in [6, 6.07) is 7.77. The highest BCUT2D eigenvalue weighted by Gasteiger charge is 2.25. The summed E-state index contributed by atoms with van der Waals surface area (Å²) in [7, 11) is 0. The summed E-state index contributed by atoms with van der Waals surface area (Å²) in [5, 5.41) is 17.5. The summed E-state index contributed by atoms with van der Waals surface area (Å²) in [5.74, 6) is -2.00. The number of carbonyl (C=O) groups excluding carboxylic acids is 2. The smallest absolute Gasteiger partial charge is 0.253 e. The molecule has 2 aromatic carbocycles. The van der Waals surface area contributed by atoms with Crippen LogP contribution >= 0.6 is 0 Å². The molecule has 0 heterocycles. The van der Waals surface area contributed by atoms with Gasteiger partial charge >= 0.3 is 0 Å². The van der Waals surface area contributed by atoms with Crippen molar-refractivity contribution in [2.24, 2.45) is 0 Å². The zero-order valence-corrected chi connectivity index (χ0v) is 24.1. The number of nitrogens with zero attached hydrogens (tertiary/aromatic N) is 1. The van der Waals surface area contributed by atoms with Crippen molar-refractivity contribution in [2.75, 3.05) is 19.6 Å². The summed E-state index contributed by atoms with van der Waals surface area (Å²) in [6.07, 6.45) is 7.48. The van der Waals surface area contributed by atoms with Crippen LogP contribution in [0.1, 0.15) is 97.1 Å². The summed E-state index contributed by atoms with van der Waals surface area (Å²) >= 11 is 0. The van der Waals surface area contributed by atoms with E-state index in [1.54, 1.807) is 23.1 Å². The van der Waals surface area contributed by atoms with Gasteiger partial charge in [-0.2, -0.15) is 0 Å². The van der Waals surface area contributed by atoms with Crippen molar-refractivity contribution in [3.8, 4) is 0 Å². The standard InChI is InChI=1S/C32H45F2N3O3/c1-4-12-37(13-5-2)32(40)25-15-22(3)14-24(19-25)31(39)36-29(18-23-16-26(33)20-27(34)17-23)30(38)21-35-28-10-8-6-7-9-11-28/h14-17,19-20,28-30,35,38H,4-13,18,21H2,1-3H3,(H,36,39)/t29-,30+/m0/s1. The number of halogens is 2. The van der Waals surface area contributed by atoms with Gasteiger partial charge in [0.2, 0.25) is 0 Å². The zero-order valence-electron chi connectivity index (χ0n) is 24.1. The molecule has 2 atom stereocenters. The van der Waals surface area contributed by atoms with Crippen molar-refractivity contribution in [1.82, 2.24) is 15.5 Å². The van der Waals surface area contributed by atoms with Crippen molar-refractivity contribution in [1.29, 1.82) is 0 Å². The Labute approximate surface area is 237 Å². The van der Waals surface area contributed by atoms with Crippen molar-refractivity contribution in [3.05, 3.63) is 70.3 Å². The fraction of sp³-hybridized carbons (Fsp3) is 0.562. The minimum atomic E-state index is -0.992. The summed E-state index contributed by atoms with van der Waals surface area (Å²) < 4.78 is 27.9. The van der Waals surface area contributed by atoms with Crippen LogP contribution < -0.4 is 10.6 Å². The molecule has 6 nitrogen and oxygen atoms in total. The fourth-order valence-corrected chi connectivity index (χ4v) is 5.51. The minimum Gasteiger partial charge on any atom is -0.390 e. The SMILES string of the molecule is CCCN(CCC)C(=O)c1cc(C)cc(C(=O)N[C@@H](Cc2cc(F)cc(F)c2)[C@H](O)CNC2CCCCCC2)c1. The molecule has 1 aliphatic rings. The van der Waals surface area contributed by atoms with Gasteiger partial charge in [-0.15, -0.1) is 0 Å². The Morgan fingerprint density at radius 1 is 0.925 bits per heavy atom. The van der Waals surface area contributed by atoms with E-state index in [-0.39, 0.29) is 18.9 Å². The van der Waals surface area contributed by atoms with Gasteiger partial charge in [-0.3, -0.25) is 9.59 Å². The Morgan fingerprint density at radius 2 is 1.52 bits per heavy atom. The molecule has 0 aromatic heterocycles. The van der Waals surface area contributed by atoms with Crippen LogP contribution in [-0.2, 0) is 6.42 Å². The van der Waals surface area contributed by atoms with Gasteiger partial charge in [0.05, 0.1) is 12.1 Å². The molecule has 0 bridgehead atoms. The molecule has 1 saturated carbocycles. The summed E-state index contributed by atoms with van der Waals surface area (Å²) in [5.41, 5.74) is 1.84. The molecule has 0 aliphatic heterocycles. The van der Waals surface area contributed by atoms with E-state index in [0.717, 1.165) is 50.2 Å². The van der Waals surface area contributed by atoms with Crippen molar-refractivity contribution in [2.45, 2.75) is 96.7 Å². The van der Waals surface area contributed by atoms with Crippen molar-refractivity contribution in [3.63, 3.8) is 0 Å². The molecule has 2 amide bonds. The predicted octanol–water partition coefficient (Wildman–Crippen LogP) is 5.55. The third-order valence-corrected chi connectivity index (χ3v) is 7.49. The van der Waals surface area contributed by atoms with Gasteiger partial charge in [-0.1, -0.05) is 39.5 Å². The number of aliphatic hydroxyl groups is 1. The van der Waals surface area contributed by atoms with E-state index in [0.29, 0.717) is 35.8 Å². The van der Waals surface area contributed by atoms with Crippen molar-refractivity contribution < 1.29 is 23.5 Å². The lowest BCUT2D eigenvalue weighted by atomic mass is 9.98. The third kappa shape index (κ3) is 9.66. The number of hydrogen-bond acceptors (Lipinski definition) is 4. The lowest BCUT2D eigenvalue weighted by molar-refractivity contribution is 0.0755. The van der Waals surface area contributed by atoms with Crippen LogP contribution in [0.2, 0.25) is 0 Å². The second kappa shape index (κ2) is 15.8. The van der Waals surface area contributed by atoms with Crippen molar-refractivity contribution >= 4 is 11.8 Å². The minimum absolute atomic E-state index is 0.0479. The molecule has 3 rings (SSSR count). The van der Waals surface area contributed by atoms with Crippen LogP contribution in [0.5, 0.6) is 0 Å². The Morgan fingerprint density at radius 3 is 2.12 bits per heavy atom. The van der Waals surface area contributed by atoms with E-state index < -0.39 is 29.7 Å². The maximum Gasteiger partial charge on any atom is 0.253 e. The first kappa shape index (κ1) is 31.7. The summed E-state index contributed by atoms with van der Waals surface area (Å²) in [6.45, 7) is 7.38. The number of carbonyl (C=O) groups is 2. The molecule has 0 unspecified atom stereocenters. The van der Waals surface area contributed by atoms with E-state index in [4.69, 9.17) is 0 Å². The molecule has 40 heavy (non-hydrogen) atoms. The molecule has 3 N–H and O–H groups in total. The van der Waals surface area contributed by atoms with Crippen LogP contribution in [0.4, 0.5) is 8.78 Å². The topological polar surface area (TPSA) is 81.7 Å². The van der Waals surface area contributed by atoms with Gasteiger partial charge in [-0.05, 0) is 80.5 Å². The molecule has 8 heteroatoms. The number of nitrogens with one attached hydrogen (secondary N) is 2. The lowest BCUT2D eigenvalue weighted by Gasteiger charge is -2.27. The number of benzene rings is 2. The molecule has 1 aliphatic carbocycles. The van der Waals surface area contributed by atoms with Crippen LogP contribution in [0, 0.1) is 18.6 Å². The number of aryl methyl sites for hydroxylation is 1. The molecule has 1 fully saturated rings. The molecule has 220 valence electrons. The monoisotopic (exact) mass is 557 g/mol. The van der Waals surface area contributed by atoms with Crippen LogP contribution in [0.25, 0.3) is 0 Å². The van der Waals surface area contributed by atoms with Gasteiger partial charge in [0.1, 0.15) is 11.6 Å². The van der Waals surface area contributed by atoms with Gasteiger partial charge in [0.15, 0.2) is 0 Å². The van der Waals surface area contributed by atoms with Gasteiger partial charge in [-0.25, -0.2) is 8.78 Å². The first-order valence-electron chi connectivity index (χ1n) is 14.8. The second-order valence-electron chi connectivity index (χ2n) is 11.1. The molecule has 0 saturated heterocycles. The van der Waals surface area contributed by atoms with Gasteiger partial charge in [0, 0.05) is 42.9 Å². The number of hydrogen-bond donors (Lipinski definition) is 3. The highest BCUT2D eigenvalue weighted by molar-refractivity contribution is 6.00. The number of aliphatic hydroxyl groups excluding tert-OH is 1. The maximum absolute atomic E-state index is 13.9. The van der Waals surface area contributed by atoms with E-state index in [9.17, 15) is 23.5 Å². The Kier molecular flexibility index (Phi) is 12.5. The summed E-state index contributed by atoms with van der Waals surface area (Å²) in [4.78, 5) is 28.5. The van der Waals surface area contributed by atoms with E-state index in [1.165, 1.54) is 25.0 Å². The van der Waals surface area contributed by atoms with Crippen LogP contribution in [0.15, 0.2) is 36.4 Å². The van der Waals surface area contributed by atoms with E-state index >= 15 is 0 Å². The van der Waals surface area contributed by atoms with E-state index in [1.807, 2.05) is 20.8 Å². The molecular formula is C32H45F2N3O3. The maximum atomic E-state index is 13.9. The lowest BCUT2D eigenvalue weighted by Crippen LogP contribution is -2.50. The highest BCUT2D eigenvalue weighted by Crippen LogP contribution is 2.19. The normalized spacial score (nSPS) is 15.8. The zero-order chi connectivity index (χ0) is 29.1. The quantitative estimate of drug-likeness (QED) is 0.282. The largest absolute Gasteiger partial charge is 0.390 e. The fourth-order valence-electron chi connectivity index (χ4n) is 5.51. The molecule has 0 radical (unpaired) electrons. The molecular weight excluding hydrogens is 512 g/mol. The number of amides is 2. The van der Waals surface area contributed by atoms with Crippen LogP contribution in [0.3, 0.4) is 0 Å². The molecule has 0 spiro atoms. The van der Waals surface area contributed by atoms with Gasteiger partial charge < -0.3 is 20.6 Å². The predicted molar refractivity (Wildman–Crippen MR) is 154 cm³/mol. The van der Waals surface area contributed by atoms with Crippen LogP contribution in [-0.4, -0.2) is 59.6 Å². The number of rotatable bonds is 13. The average Bonchev–Trinajstić information content (AvgIpc) is 3.19. The first-order valence-corrected chi connectivity index (χ1v) is 14.8.